The number of ether oxygens (including phenoxy) is 2. The molecule has 0 aromatic heterocycles. The van der Waals surface area contributed by atoms with Crippen LogP contribution in [0.5, 0.6) is 11.5 Å². The van der Waals surface area contributed by atoms with Crippen molar-refractivity contribution in [3.05, 3.63) is 23.3 Å². The largest absolute Gasteiger partial charge is 0.497 e. The van der Waals surface area contributed by atoms with Gasteiger partial charge in [0.2, 0.25) is 0 Å². The van der Waals surface area contributed by atoms with E-state index in [1.807, 2.05) is 19.1 Å². The third-order valence-electron chi connectivity index (χ3n) is 3.40. The van der Waals surface area contributed by atoms with Gasteiger partial charge in [-0.05, 0) is 24.5 Å². The standard InChI is InChI=1S/C15H25NO3/c1-10(2)14(9-17)16-8-13-11(3)6-12(18-4)7-15(13)19-5/h6-7,10,14,16-17H,8-9H2,1-5H3. The van der Waals surface area contributed by atoms with Crippen LogP contribution in [0.2, 0.25) is 0 Å². The molecule has 0 spiro atoms. The van der Waals surface area contributed by atoms with Gasteiger partial charge in [-0.1, -0.05) is 13.8 Å². The first-order chi connectivity index (χ1) is 9.03. The van der Waals surface area contributed by atoms with Gasteiger partial charge in [0.25, 0.3) is 0 Å². The third kappa shape index (κ3) is 4.11. The maximum absolute atomic E-state index is 9.34. The summed E-state index contributed by atoms with van der Waals surface area (Å²) in [6.45, 7) is 7.01. The highest BCUT2D eigenvalue weighted by Gasteiger charge is 2.14. The minimum absolute atomic E-state index is 0.0891. The number of hydrogen-bond acceptors (Lipinski definition) is 4. The van der Waals surface area contributed by atoms with Crippen LogP contribution in [0.25, 0.3) is 0 Å². The number of methoxy groups -OCH3 is 2. The summed E-state index contributed by atoms with van der Waals surface area (Å²) in [5, 5.41) is 12.7. The van der Waals surface area contributed by atoms with Crippen LogP contribution in [0.3, 0.4) is 0 Å². The molecular formula is C15H25NO3. The molecule has 0 radical (unpaired) electrons. The number of aryl methyl sites for hydroxylation is 1. The molecule has 0 aliphatic carbocycles. The number of hydrogen-bond donors (Lipinski definition) is 2. The molecule has 0 fully saturated rings. The van der Waals surface area contributed by atoms with Crippen LogP contribution in [0.4, 0.5) is 0 Å². The summed E-state index contributed by atoms with van der Waals surface area (Å²) in [7, 11) is 3.30. The molecule has 1 atom stereocenters. The Morgan fingerprint density at radius 3 is 2.37 bits per heavy atom. The van der Waals surface area contributed by atoms with Crippen LogP contribution in [0.15, 0.2) is 12.1 Å². The Balaban J connectivity index is 2.88. The van der Waals surface area contributed by atoms with Crippen LogP contribution in [-0.2, 0) is 6.54 Å². The molecule has 1 unspecified atom stereocenters. The molecule has 4 nitrogen and oxygen atoms in total. The Morgan fingerprint density at radius 2 is 1.89 bits per heavy atom. The average Bonchev–Trinajstić information content (AvgIpc) is 2.39. The SMILES string of the molecule is COc1cc(C)c(CNC(CO)C(C)C)c(OC)c1. The van der Waals surface area contributed by atoms with Gasteiger partial charge in [0, 0.05) is 24.2 Å². The van der Waals surface area contributed by atoms with Crippen molar-refractivity contribution >= 4 is 0 Å². The normalized spacial score (nSPS) is 12.6. The van der Waals surface area contributed by atoms with Gasteiger partial charge in [-0.15, -0.1) is 0 Å². The van der Waals surface area contributed by atoms with E-state index >= 15 is 0 Å². The van der Waals surface area contributed by atoms with E-state index in [9.17, 15) is 5.11 Å². The first-order valence-corrected chi connectivity index (χ1v) is 6.59. The van der Waals surface area contributed by atoms with Gasteiger partial charge in [0.15, 0.2) is 0 Å². The monoisotopic (exact) mass is 267 g/mol. The molecule has 0 bridgehead atoms. The van der Waals surface area contributed by atoms with E-state index in [1.54, 1.807) is 14.2 Å². The average molecular weight is 267 g/mol. The van der Waals surface area contributed by atoms with Crippen molar-refractivity contribution < 1.29 is 14.6 Å². The second-order valence-corrected chi connectivity index (χ2v) is 5.04. The molecular weight excluding hydrogens is 242 g/mol. The highest BCUT2D eigenvalue weighted by atomic mass is 16.5. The van der Waals surface area contributed by atoms with Gasteiger partial charge >= 0.3 is 0 Å². The van der Waals surface area contributed by atoms with Crippen molar-refractivity contribution in [2.45, 2.75) is 33.4 Å². The van der Waals surface area contributed by atoms with Gasteiger partial charge < -0.3 is 19.9 Å². The molecule has 0 aliphatic heterocycles. The Bertz CT molecular complexity index is 405. The second kappa shape index (κ2) is 7.36. The van der Waals surface area contributed by atoms with E-state index in [-0.39, 0.29) is 12.6 Å². The van der Waals surface area contributed by atoms with Crippen LogP contribution in [0.1, 0.15) is 25.0 Å². The first kappa shape index (κ1) is 15.8. The van der Waals surface area contributed by atoms with Gasteiger partial charge in [-0.2, -0.15) is 0 Å². The van der Waals surface area contributed by atoms with Crippen LogP contribution in [0, 0.1) is 12.8 Å². The number of aliphatic hydroxyl groups is 1. The number of nitrogens with one attached hydrogen (secondary N) is 1. The van der Waals surface area contributed by atoms with E-state index in [1.165, 1.54) is 0 Å². The van der Waals surface area contributed by atoms with E-state index in [4.69, 9.17) is 9.47 Å². The molecule has 0 amide bonds. The van der Waals surface area contributed by atoms with Gasteiger partial charge in [0.05, 0.1) is 20.8 Å². The Hall–Kier alpha value is -1.26. The molecule has 108 valence electrons. The van der Waals surface area contributed by atoms with Gasteiger partial charge in [-0.25, -0.2) is 0 Å². The maximum atomic E-state index is 9.34. The van der Waals surface area contributed by atoms with E-state index in [0.717, 1.165) is 22.6 Å². The first-order valence-electron chi connectivity index (χ1n) is 6.59. The van der Waals surface area contributed by atoms with E-state index in [2.05, 4.69) is 19.2 Å². The lowest BCUT2D eigenvalue weighted by Crippen LogP contribution is -2.36. The molecule has 0 saturated carbocycles. The van der Waals surface area contributed by atoms with Gasteiger partial charge in [-0.3, -0.25) is 0 Å². The lowest BCUT2D eigenvalue weighted by Gasteiger charge is -2.22. The maximum Gasteiger partial charge on any atom is 0.127 e. The number of rotatable bonds is 7. The molecule has 1 rings (SSSR count). The smallest absolute Gasteiger partial charge is 0.127 e. The summed E-state index contributed by atoms with van der Waals surface area (Å²) in [5.74, 6) is 1.99. The third-order valence-corrected chi connectivity index (χ3v) is 3.40. The fourth-order valence-electron chi connectivity index (χ4n) is 2.02. The topological polar surface area (TPSA) is 50.7 Å². The summed E-state index contributed by atoms with van der Waals surface area (Å²) in [5.41, 5.74) is 2.21. The summed E-state index contributed by atoms with van der Waals surface area (Å²) < 4.78 is 10.6. The highest BCUT2D eigenvalue weighted by Crippen LogP contribution is 2.28. The summed E-state index contributed by atoms with van der Waals surface area (Å²) in [6.07, 6.45) is 0. The predicted octanol–water partition coefficient (Wildman–Crippen LogP) is 2.12. The molecule has 1 aromatic carbocycles. The fraction of sp³-hybridized carbons (Fsp3) is 0.600. The number of aliphatic hydroxyl groups excluding tert-OH is 1. The zero-order valence-corrected chi connectivity index (χ0v) is 12.5. The Kier molecular flexibility index (Phi) is 6.12. The molecule has 2 N–H and O–H groups in total. The molecule has 0 aliphatic rings. The second-order valence-electron chi connectivity index (χ2n) is 5.04. The zero-order valence-electron chi connectivity index (χ0n) is 12.5. The Morgan fingerprint density at radius 1 is 1.21 bits per heavy atom. The van der Waals surface area contributed by atoms with Crippen molar-refractivity contribution in [1.29, 1.82) is 0 Å². The predicted molar refractivity (Wildman–Crippen MR) is 76.8 cm³/mol. The summed E-state index contributed by atoms with van der Waals surface area (Å²) in [4.78, 5) is 0. The zero-order chi connectivity index (χ0) is 14.4. The van der Waals surface area contributed by atoms with Crippen LogP contribution < -0.4 is 14.8 Å². The quantitative estimate of drug-likeness (QED) is 0.794. The minimum atomic E-state index is 0.0891. The number of benzene rings is 1. The van der Waals surface area contributed by atoms with E-state index in [0.29, 0.717) is 12.5 Å². The lowest BCUT2D eigenvalue weighted by molar-refractivity contribution is 0.209. The fourth-order valence-corrected chi connectivity index (χ4v) is 2.02. The molecule has 0 heterocycles. The van der Waals surface area contributed by atoms with Crippen molar-refractivity contribution in [2.24, 2.45) is 5.92 Å². The molecule has 1 aromatic rings. The van der Waals surface area contributed by atoms with Crippen molar-refractivity contribution in [3.63, 3.8) is 0 Å². The molecule has 0 saturated heterocycles. The summed E-state index contributed by atoms with van der Waals surface area (Å²) >= 11 is 0. The van der Waals surface area contributed by atoms with Crippen molar-refractivity contribution in [3.8, 4) is 11.5 Å². The molecule has 4 heteroatoms. The Labute approximate surface area is 115 Å². The lowest BCUT2D eigenvalue weighted by atomic mass is 10.0. The molecule has 19 heavy (non-hydrogen) atoms. The van der Waals surface area contributed by atoms with Crippen molar-refractivity contribution in [2.75, 3.05) is 20.8 Å². The van der Waals surface area contributed by atoms with Crippen molar-refractivity contribution in [1.82, 2.24) is 5.32 Å². The van der Waals surface area contributed by atoms with E-state index < -0.39 is 0 Å². The minimum Gasteiger partial charge on any atom is -0.497 e. The van der Waals surface area contributed by atoms with Gasteiger partial charge in [0.1, 0.15) is 11.5 Å². The van der Waals surface area contributed by atoms with Crippen LogP contribution >= 0.6 is 0 Å². The highest BCUT2D eigenvalue weighted by molar-refractivity contribution is 5.46. The summed E-state index contributed by atoms with van der Waals surface area (Å²) in [6, 6.07) is 3.96. The van der Waals surface area contributed by atoms with Crippen LogP contribution in [-0.4, -0.2) is 32.0 Å².